The largest absolute Gasteiger partial charge is 0.508 e. The van der Waals surface area contributed by atoms with E-state index in [1.54, 1.807) is 67.0 Å². The van der Waals surface area contributed by atoms with Crippen molar-refractivity contribution in [2.24, 2.45) is 0 Å². The lowest BCUT2D eigenvalue weighted by molar-refractivity contribution is -0.118. The van der Waals surface area contributed by atoms with E-state index in [-0.39, 0.29) is 24.0 Å². The SMILES string of the molecule is O=C(NC(Cc1ccc(O)cc1)C(=O)Nc1cccc2ccncc12)c1ccccc1. The number of nitrogens with one attached hydrogen (secondary N) is 2. The molecule has 4 rings (SSSR count). The number of carbonyl (C=O) groups excluding carboxylic acids is 2. The number of anilines is 1. The molecule has 0 aliphatic rings. The molecule has 1 atom stereocenters. The normalized spacial score (nSPS) is 11.6. The lowest BCUT2D eigenvalue weighted by atomic mass is 10.0. The quantitative estimate of drug-likeness (QED) is 0.448. The summed E-state index contributed by atoms with van der Waals surface area (Å²) in [6.07, 6.45) is 3.66. The molecule has 1 unspecified atom stereocenters. The molecule has 31 heavy (non-hydrogen) atoms. The molecule has 1 heterocycles. The fourth-order valence-electron chi connectivity index (χ4n) is 3.35. The average molecular weight is 411 g/mol. The maximum Gasteiger partial charge on any atom is 0.251 e. The van der Waals surface area contributed by atoms with E-state index in [0.29, 0.717) is 11.3 Å². The number of fused-ring (bicyclic) bond motifs is 1. The molecular formula is C25H21N3O3. The topological polar surface area (TPSA) is 91.3 Å². The van der Waals surface area contributed by atoms with Crippen LogP contribution in [0.3, 0.4) is 0 Å². The van der Waals surface area contributed by atoms with Crippen LogP contribution in [0.4, 0.5) is 5.69 Å². The number of nitrogens with zero attached hydrogens (tertiary/aromatic N) is 1. The van der Waals surface area contributed by atoms with E-state index in [0.717, 1.165) is 16.3 Å². The van der Waals surface area contributed by atoms with Crippen LogP contribution in [0.25, 0.3) is 10.8 Å². The lowest BCUT2D eigenvalue weighted by Gasteiger charge is -2.19. The maximum atomic E-state index is 13.2. The molecule has 0 bridgehead atoms. The van der Waals surface area contributed by atoms with Gasteiger partial charge in [0.1, 0.15) is 11.8 Å². The summed E-state index contributed by atoms with van der Waals surface area (Å²) in [4.78, 5) is 30.1. The van der Waals surface area contributed by atoms with Gasteiger partial charge in [0.25, 0.3) is 5.91 Å². The summed E-state index contributed by atoms with van der Waals surface area (Å²) in [5.41, 5.74) is 1.91. The Morgan fingerprint density at radius 2 is 1.68 bits per heavy atom. The Kier molecular flexibility index (Phi) is 5.89. The van der Waals surface area contributed by atoms with Gasteiger partial charge >= 0.3 is 0 Å². The average Bonchev–Trinajstić information content (AvgIpc) is 2.81. The Morgan fingerprint density at radius 1 is 0.903 bits per heavy atom. The number of benzene rings is 3. The van der Waals surface area contributed by atoms with E-state index in [4.69, 9.17) is 0 Å². The monoisotopic (exact) mass is 411 g/mol. The summed E-state index contributed by atoms with van der Waals surface area (Å²) in [7, 11) is 0. The number of phenolic OH excluding ortho intramolecular Hbond substituents is 1. The van der Waals surface area contributed by atoms with Crippen molar-refractivity contribution in [3.63, 3.8) is 0 Å². The number of aromatic hydroxyl groups is 1. The Bertz CT molecular complexity index is 1200. The molecule has 6 heteroatoms. The minimum absolute atomic E-state index is 0.140. The smallest absolute Gasteiger partial charge is 0.251 e. The zero-order chi connectivity index (χ0) is 21.6. The van der Waals surface area contributed by atoms with Crippen LogP contribution in [0.15, 0.2) is 91.3 Å². The molecule has 154 valence electrons. The van der Waals surface area contributed by atoms with Gasteiger partial charge in [0.05, 0.1) is 5.69 Å². The van der Waals surface area contributed by atoms with Crippen LogP contribution in [-0.4, -0.2) is 27.9 Å². The first-order chi connectivity index (χ1) is 15.1. The van der Waals surface area contributed by atoms with E-state index >= 15 is 0 Å². The van der Waals surface area contributed by atoms with Crippen LogP contribution in [0.5, 0.6) is 5.75 Å². The summed E-state index contributed by atoms with van der Waals surface area (Å²) in [6.45, 7) is 0. The van der Waals surface area contributed by atoms with Gasteiger partial charge in [0, 0.05) is 29.8 Å². The number of hydrogen-bond acceptors (Lipinski definition) is 4. The first-order valence-electron chi connectivity index (χ1n) is 9.87. The number of phenols is 1. The number of hydrogen-bond donors (Lipinski definition) is 3. The van der Waals surface area contributed by atoms with Gasteiger partial charge in [0.2, 0.25) is 5.91 Å². The Balaban J connectivity index is 1.59. The molecule has 3 aromatic carbocycles. The van der Waals surface area contributed by atoms with Gasteiger partial charge in [-0.3, -0.25) is 14.6 Å². The van der Waals surface area contributed by atoms with Crippen LogP contribution in [0.1, 0.15) is 15.9 Å². The number of amides is 2. The van der Waals surface area contributed by atoms with Crippen molar-refractivity contribution >= 4 is 28.3 Å². The molecule has 6 nitrogen and oxygen atoms in total. The molecule has 0 aliphatic carbocycles. The highest BCUT2D eigenvalue weighted by molar-refractivity contribution is 6.05. The predicted molar refractivity (Wildman–Crippen MR) is 120 cm³/mol. The summed E-state index contributed by atoms with van der Waals surface area (Å²) in [5, 5.41) is 17.1. The maximum absolute atomic E-state index is 13.2. The van der Waals surface area contributed by atoms with Gasteiger partial charge in [-0.1, -0.05) is 42.5 Å². The van der Waals surface area contributed by atoms with Gasteiger partial charge < -0.3 is 15.7 Å². The van der Waals surface area contributed by atoms with Gasteiger partial charge in [-0.05, 0) is 47.3 Å². The molecule has 0 saturated heterocycles. The van der Waals surface area contributed by atoms with Crippen molar-refractivity contribution in [2.45, 2.75) is 12.5 Å². The number of aromatic nitrogens is 1. The van der Waals surface area contributed by atoms with Gasteiger partial charge in [-0.25, -0.2) is 0 Å². The van der Waals surface area contributed by atoms with Crippen LogP contribution in [0.2, 0.25) is 0 Å². The van der Waals surface area contributed by atoms with Crippen LogP contribution in [0, 0.1) is 0 Å². The first kappa shape index (κ1) is 20.1. The molecule has 0 aliphatic heterocycles. The van der Waals surface area contributed by atoms with E-state index in [1.165, 1.54) is 0 Å². The molecular weight excluding hydrogens is 390 g/mol. The highest BCUT2D eigenvalue weighted by atomic mass is 16.3. The van der Waals surface area contributed by atoms with E-state index in [9.17, 15) is 14.7 Å². The summed E-state index contributed by atoms with van der Waals surface area (Å²) < 4.78 is 0. The second kappa shape index (κ2) is 9.09. The van der Waals surface area contributed by atoms with Gasteiger partial charge in [-0.2, -0.15) is 0 Å². The van der Waals surface area contributed by atoms with E-state index < -0.39 is 6.04 Å². The number of pyridine rings is 1. The first-order valence-corrected chi connectivity index (χ1v) is 9.87. The Hall–Kier alpha value is -4.19. The standard InChI is InChI=1S/C25H21N3O3/c29-20-11-9-17(10-12-20)15-23(28-24(30)19-5-2-1-3-6-19)25(31)27-22-8-4-7-18-13-14-26-16-21(18)22/h1-14,16,23,29H,15H2,(H,27,31)(H,28,30). The molecule has 0 radical (unpaired) electrons. The Labute approximate surface area is 179 Å². The second-order valence-electron chi connectivity index (χ2n) is 7.15. The molecule has 0 saturated carbocycles. The molecule has 2 amide bonds. The molecule has 0 spiro atoms. The van der Waals surface area contributed by atoms with Crippen molar-refractivity contribution in [3.05, 3.63) is 102 Å². The third-order valence-corrected chi connectivity index (χ3v) is 4.98. The third-order valence-electron chi connectivity index (χ3n) is 4.98. The van der Waals surface area contributed by atoms with Gasteiger partial charge in [-0.15, -0.1) is 0 Å². The third kappa shape index (κ3) is 4.87. The summed E-state index contributed by atoms with van der Waals surface area (Å²) in [5.74, 6) is -0.533. The molecule has 1 aromatic heterocycles. The van der Waals surface area contributed by atoms with Crippen LogP contribution in [-0.2, 0) is 11.2 Å². The predicted octanol–water partition coefficient (Wildman–Crippen LogP) is 3.92. The van der Waals surface area contributed by atoms with Crippen LogP contribution < -0.4 is 10.6 Å². The molecule has 3 N–H and O–H groups in total. The zero-order valence-corrected chi connectivity index (χ0v) is 16.7. The van der Waals surface area contributed by atoms with Crippen molar-refractivity contribution in [1.82, 2.24) is 10.3 Å². The second-order valence-corrected chi connectivity index (χ2v) is 7.15. The Morgan fingerprint density at radius 3 is 2.45 bits per heavy atom. The fraction of sp³-hybridized carbons (Fsp3) is 0.0800. The van der Waals surface area contributed by atoms with Gasteiger partial charge in [0.15, 0.2) is 0 Å². The highest BCUT2D eigenvalue weighted by Gasteiger charge is 2.22. The number of carbonyl (C=O) groups is 2. The molecule has 4 aromatic rings. The summed E-state index contributed by atoms with van der Waals surface area (Å²) in [6, 6.07) is 22.0. The number of rotatable bonds is 6. The van der Waals surface area contributed by atoms with Crippen molar-refractivity contribution in [2.75, 3.05) is 5.32 Å². The minimum atomic E-state index is -0.816. The summed E-state index contributed by atoms with van der Waals surface area (Å²) >= 11 is 0. The van der Waals surface area contributed by atoms with Crippen LogP contribution >= 0.6 is 0 Å². The highest BCUT2D eigenvalue weighted by Crippen LogP contribution is 2.22. The van der Waals surface area contributed by atoms with E-state index in [2.05, 4.69) is 15.6 Å². The zero-order valence-electron chi connectivity index (χ0n) is 16.7. The van der Waals surface area contributed by atoms with Crippen molar-refractivity contribution < 1.29 is 14.7 Å². The minimum Gasteiger partial charge on any atom is -0.508 e. The van der Waals surface area contributed by atoms with E-state index in [1.807, 2.05) is 24.3 Å². The molecule has 0 fully saturated rings. The van der Waals surface area contributed by atoms with Crippen molar-refractivity contribution in [1.29, 1.82) is 0 Å². The van der Waals surface area contributed by atoms with Crippen molar-refractivity contribution in [3.8, 4) is 5.75 Å². The lowest BCUT2D eigenvalue weighted by Crippen LogP contribution is -2.45. The fourth-order valence-corrected chi connectivity index (χ4v) is 3.35.